The van der Waals surface area contributed by atoms with Crippen LogP contribution in [0.25, 0.3) is 0 Å². The Hall–Kier alpha value is -2.04. The summed E-state index contributed by atoms with van der Waals surface area (Å²) in [6, 6.07) is 5.51. The van der Waals surface area contributed by atoms with Crippen molar-refractivity contribution in [2.45, 2.75) is 13.3 Å². The highest BCUT2D eigenvalue weighted by molar-refractivity contribution is 6.00. The number of nitrogens with zero attached hydrogens (tertiary/aromatic N) is 1. The average molecular weight is 248 g/mol. The van der Waals surface area contributed by atoms with Gasteiger partial charge in [-0.05, 0) is 19.1 Å². The molecule has 0 spiro atoms. The number of hydrogen-bond acceptors (Lipinski definition) is 3. The quantitative estimate of drug-likeness (QED) is 0.861. The summed E-state index contributed by atoms with van der Waals surface area (Å²) in [6.07, 6.45) is 0.186. The number of benzene rings is 1. The topological polar surface area (TPSA) is 72.6 Å². The molecular weight excluding hydrogens is 232 g/mol. The molecule has 1 atom stereocenters. The molecule has 2 rings (SSSR count). The summed E-state index contributed by atoms with van der Waals surface area (Å²) in [7, 11) is 1.59. The Balaban J connectivity index is 2.33. The molecule has 18 heavy (non-hydrogen) atoms. The van der Waals surface area contributed by atoms with Gasteiger partial charge in [0, 0.05) is 18.5 Å². The van der Waals surface area contributed by atoms with Gasteiger partial charge in [-0.15, -0.1) is 0 Å². The van der Waals surface area contributed by atoms with E-state index in [0.29, 0.717) is 6.54 Å². The first-order chi connectivity index (χ1) is 8.54. The van der Waals surface area contributed by atoms with E-state index in [4.69, 9.17) is 10.5 Å². The van der Waals surface area contributed by atoms with Crippen molar-refractivity contribution >= 4 is 17.5 Å². The lowest BCUT2D eigenvalue weighted by atomic mass is 10.1. The van der Waals surface area contributed by atoms with Gasteiger partial charge in [0.05, 0.1) is 18.7 Å². The van der Waals surface area contributed by atoms with Gasteiger partial charge in [0.15, 0.2) is 0 Å². The Morgan fingerprint density at radius 2 is 2.22 bits per heavy atom. The maximum Gasteiger partial charge on any atom is 0.227 e. The summed E-state index contributed by atoms with van der Waals surface area (Å²) in [4.78, 5) is 24.7. The standard InChI is InChI=1S/C13H16N2O3/c1-8-10(4-3-5-11(8)18-2)15-7-9(13(14)17)6-12(15)16/h3-5,9H,6-7H2,1-2H3,(H2,14,17). The van der Waals surface area contributed by atoms with Crippen molar-refractivity contribution < 1.29 is 14.3 Å². The molecule has 0 aromatic heterocycles. The Bertz CT molecular complexity index is 499. The van der Waals surface area contributed by atoms with Gasteiger partial charge in [-0.1, -0.05) is 6.07 Å². The molecule has 1 unspecified atom stereocenters. The van der Waals surface area contributed by atoms with Crippen LogP contribution in [-0.2, 0) is 9.59 Å². The predicted octanol–water partition coefficient (Wildman–Crippen LogP) is 0.842. The zero-order valence-electron chi connectivity index (χ0n) is 10.5. The SMILES string of the molecule is COc1cccc(N2CC(C(N)=O)CC2=O)c1C. The second-order valence-corrected chi connectivity index (χ2v) is 4.41. The molecule has 1 aromatic carbocycles. The van der Waals surface area contributed by atoms with Gasteiger partial charge in [0.25, 0.3) is 0 Å². The molecule has 1 aliphatic rings. The van der Waals surface area contributed by atoms with E-state index in [9.17, 15) is 9.59 Å². The van der Waals surface area contributed by atoms with E-state index >= 15 is 0 Å². The Kier molecular flexibility index (Phi) is 3.23. The van der Waals surface area contributed by atoms with Gasteiger partial charge in [0.2, 0.25) is 11.8 Å². The van der Waals surface area contributed by atoms with Crippen molar-refractivity contribution in [3.63, 3.8) is 0 Å². The van der Waals surface area contributed by atoms with Crippen LogP contribution in [-0.4, -0.2) is 25.5 Å². The van der Waals surface area contributed by atoms with Crippen LogP contribution in [0.15, 0.2) is 18.2 Å². The van der Waals surface area contributed by atoms with Crippen molar-refractivity contribution in [2.24, 2.45) is 11.7 Å². The van der Waals surface area contributed by atoms with Crippen molar-refractivity contribution in [2.75, 3.05) is 18.6 Å². The predicted molar refractivity (Wildman–Crippen MR) is 67.4 cm³/mol. The number of rotatable bonds is 3. The maximum atomic E-state index is 11.9. The van der Waals surface area contributed by atoms with E-state index in [1.165, 1.54) is 0 Å². The van der Waals surface area contributed by atoms with Crippen LogP contribution in [0.2, 0.25) is 0 Å². The molecule has 1 aromatic rings. The summed E-state index contributed by atoms with van der Waals surface area (Å²) < 4.78 is 5.23. The number of carbonyl (C=O) groups excluding carboxylic acids is 2. The summed E-state index contributed by atoms with van der Waals surface area (Å²) >= 11 is 0. The third-order valence-electron chi connectivity index (χ3n) is 3.29. The first-order valence-electron chi connectivity index (χ1n) is 5.78. The van der Waals surface area contributed by atoms with E-state index < -0.39 is 11.8 Å². The fraction of sp³-hybridized carbons (Fsp3) is 0.385. The third-order valence-corrected chi connectivity index (χ3v) is 3.29. The summed E-state index contributed by atoms with van der Waals surface area (Å²) in [5.74, 6) is -0.174. The molecule has 96 valence electrons. The molecular formula is C13H16N2O3. The van der Waals surface area contributed by atoms with E-state index in [-0.39, 0.29) is 12.3 Å². The summed E-state index contributed by atoms with van der Waals surface area (Å²) in [5, 5.41) is 0. The number of hydrogen-bond donors (Lipinski definition) is 1. The van der Waals surface area contributed by atoms with Gasteiger partial charge >= 0.3 is 0 Å². The van der Waals surface area contributed by atoms with Crippen LogP contribution in [0.4, 0.5) is 5.69 Å². The zero-order valence-corrected chi connectivity index (χ0v) is 10.5. The number of ether oxygens (including phenoxy) is 1. The minimum Gasteiger partial charge on any atom is -0.496 e. The molecule has 1 saturated heterocycles. The highest BCUT2D eigenvalue weighted by atomic mass is 16.5. The fourth-order valence-corrected chi connectivity index (χ4v) is 2.25. The van der Waals surface area contributed by atoms with Crippen molar-refractivity contribution in [3.05, 3.63) is 23.8 Å². The van der Waals surface area contributed by atoms with Gasteiger partial charge in [-0.25, -0.2) is 0 Å². The van der Waals surface area contributed by atoms with Gasteiger partial charge in [0.1, 0.15) is 5.75 Å². The van der Waals surface area contributed by atoms with Crippen LogP contribution < -0.4 is 15.4 Å². The summed E-state index contributed by atoms with van der Waals surface area (Å²) in [5.41, 5.74) is 6.92. The van der Waals surface area contributed by atoms with Gasteiger partial charge < -0.3 is 15.4 Å². The lowest BCUT2D eigenvalue weighted by molar-refractivity contribution is -0.123. The molecule has 1 fully saturated rings. The normalized spacial score (nSPS) is 19.1. The lowest BCUT2D eigenvalue weighted by Gasteiger charge is -2.20. The highest BCUT2D eigenvalue weighted by Gasteiger charge is 2.34. The van der Waals surface area contributed by atoms with E-state index in [0.717, 1.165) is 17.0 Å². The number of nitrogens with two attached hydrogens (primary N) is 1. The Morgan fingerprint density at radius 3 is 2.78 bits per heavy atom. The zero-order chi connectivity index (χ0) is 13.3. The molecule has 2 N–H and O–H groups in total. The molecule has 0 saturated carbocycles. The molecule has 0 aliphatic carbocycles. The first kappa shape index (κ1) is 12.4. The van der Waals surface area contributed by atoms with E-state index in [2.05, 4.69) is 0 Å². The van der Waals surface area contributed by atoms with Crippen LogP contribution in [0.1, 0.15) is 12.0 Å². The largest absolute Gasteiger partial charge is 0.496 e. The second-order valence-electron chi connectivity index (χ2n) is 4.41. The maximum absolute atomic E-state index is 11.9. The van der Waals surface area contributed by atoms with Gasteiger partial charge in [-0.3, -0.25) is 9.59 Å². The minimum atomic E-state index is -0.425. The van der Waals surface area contributed by atoms with Crippen LogP contribution in [0, 0.1) is 12.8 Å². The number of methoxy groups -OCH3 is 1. The molecule has 0 bridgehead atoms. The molecule has 0 radical (unpaired) electrons. The number of amides is 2. The van der Waals surface area contributed by atoms with Crippen LogP contribution >= 0.6 is 0 Å². The third kappa shape index (κ3) is 2.03. The number of anilines is 1. The molecule has 5 nitrogen and oxygen atoms in total. The van der Waals surface area contributed by atoms with Crippen molar-refractivity contribution in [1.82, 2.24) is 0 Å². The lowest BCUT2D eigenvalue weighted by Crippen LogP contribution is -2.28. The Labute approximate surface area is 106 Å². The van der Waals surface area contributed by atoms with E-state index in [1.54, 1.807) is 12.0 Å². The van der Waals surface area contributed by atoms with Crippen molar-refractivity contribution in [3.8, 4) is 5.75 Å². The number of carbonyl (C=O) groups is 2. The molecule has 2 amide bonds. The smallest absolute Gasteiger partial charge is 0.227 e. The summed E-state index contributed by atoms with van der Waals surface area (Å²) in [6.45, 7) is 2.24. The van der Waals surface area contributed by atoms with Crippen LogP contribution in [0.3, 0.4) is 0 Å². The van der Waals surface area contributed by atoms with Gasteiger partial charge in [-0.2, -0.15) is 0 Å². The second kappa shape index (κ2) is 4.68. The fourth-order valence-electron chi connectivity index (χ4n) is 2.25. The number of primary amides is 1. The molecule has 1 heterocycles. The average Bonchev–Trinajstić information content (AvgIpc) is 2.72. The molecule has 1 aliphatic heterocycles. The minimum absolute atomic E-state index is 0.0739. The molecule has 5 heteroatoms. The first-order valence-corrected chi connectivity index (χ1v) is 5.78. The monoisotopic (exact) mass is 248 g/mol. The van der Waals surface area contributed by atoms with E-state index in [1.807, 2.05) is 25.1 Å². The highest BCUT2D eigenvalue weighted by Crippen LogP contribution is 2.32. The Morgan fingerprint density at radius 1 is 1.50 bits per heavy atom. The van der Waals surface area contributed by atoms with Crippen LogP contribution in [0.5, 0.6) is 5.75 Å². The van der Waals surface area contributed by atoms with Crippen molar-refractivity contribution in [1.29, 1.82) is 0 Å².